The Bertz CT molecular complexity index is 295. The topological polar surface area (TPSA) is 50.9 Å². The summed E-state index contributed by atoms with van der Waals surface area (Å²) in [7, 11) is 0. The zero-order valence-corrected chi connectivity index (χ0v) is 8.67. The van der Waals surface area contributed by atoms with E-state index < -0.39 is 0 Å². The van der Waals surface area contributed by atoms with Gasteiger partial charge in [0.15, 0.2) is 0 Å². The normalized spacial score (nSPS) is 19.0. The molecule has 0 aliphatic heterocycles. The van der Waals surface area contributed by atoms with Crippen LogP contribution < -0.4 is 11.3 Å². The Morgan fingerprint density at radius 1 is 1.50 bits per heavy atom. The van der Waals surface area contributed by atoms with Crippen LogP contribution in [0.15, 0.2) is 18.3 Å². The van der Waals surface area contributed by atoms with Crippen molar-refractivity contribution in [1.82, 2.24) is 10.4 Å². The second kappa shape index (κ2) is 4.26. The van der Waals surface area contributed by atoms with Gasteiger partial charge in [0.2, 0.25) is 0 Å². The van der Waals surface area contributed by atoms with E-state index in [9.17, 15) is 0 Å². The Kier molecular flexibility index (Phi) is 3.01. The Morgan fingerprint density at radius 3 is 2.71 bits per heavy atom. The van der Waals surface area contributed by atoms with Crippen LogP contribution >= 0.6 is 11.6 Å². The number of hydrogen-bond acceptors (Lipinski definition) is 3. The molecule has 2 rings (SSSR count). The van der Waals surface area contributed by atoms with E-state index in [4.69, 9.17) is 17.4 Å². The molecule has 1 aliphatic carbocycles. The van der Waals surface area contributed by atoms with Gasteiger partial charge in [0.1, 0.15) is 0 Å². The smallest absolute Gasteiger partial charge is 0.0660 e. The van der Waals surface area contributed by atoms with Crippen molar-refractivity contribution in [2.24, 2.45) is 11.8 Å². The predicted octanol–water partition coefficient (Wildman–Crippen LogP) is 2.04. The Hall–Kier alpha value is -0.640. The number of nitrogens with one attached hydrogen (secondary N) is 1. The summed E-state index contributed by atoms with van der Waals surface area (Å²) in [5.74, 6) is 6.16. The molecule has 1 atom stereocenters. The molecule has 1 fully saturated rings. The minimum atomic E-state index is 0.181. The van der Waals surface area contributed by atoms with Crippen molar-refractivity contribution < 1.29 is 0 Å². The van der Waals surface area contributed by atoms with E-state index in [1.807, 2.05) is 12.1 Å². The van der Waals surface area contributed by atoms with E-state index in [2.05, 4.69) is 10.4 Å². The van der Waals surface area contributed by atoms with Gasteiger partial charge in [0.05, 0.1) is 16.8 Å². The van der Waals surface area contributed by atoms with Gasteiger partial charge in [0, 0.05) is 6.20 Å². The highest BCUT2D eigenvalue weighted by molar-refractivity contribution is 6.30. The average Bonchev–Trinajstić information content (AvgIpc) is 2.13. The van der Waals surface area contributed by atoms with Gasteiger partial charge in [-0.15, -0.1) is 0 Å². The molecule has 0 spiro atoms. The van der Waals surface area contributed by atoms with Crippen LogP contribution in [0.4, 0.5) is 0 Å². The quantitative estimate of drug-likeness (QED) is 0.594. The van der Waals surface area contributed by atoms with Crippen molar-refractivity contribution in [3.8, 4) is 0 Å². The molecule has 0 amide bonds. The van der Waals surface area contributed by atoms with Crippen LogP contribution in [0.2, 0.25) is 5.02 Å². The van der Waals surface area contributed by atoms with E-state index in [1.54, 1.807) is 6.20 Å². The van der Waals surface area contributed by atoms with Crippen LogP contribution in [0, 0.1) is 5.92 Å². The maximum atomic E-state index is 5.77. The molecule has 1 aromatic rings. The SMILES string of the molecule is NNC(c1ccc(Cl)cn1)C1CCC1. The fourth-order valence-corrected chi connectivity index (χ4v) is 1.92. The molecular formula is C10H14ClN3. The zero-order chi connectivity index (χ0) is 9.97. The number of hydrogen-bond donors (Lipinski definition) is 2. The molecule has 3 N–H and O–H groups in total. The standard InChI is InChI=1S/C10H14ClN3/c11-8-4-5-9(13-6-8)10(14-12)7-2-1-3-7/h4-7,10,14H,1-3,12H2. The number of nitrogens with zero attached hydrogens (tertiary/aromatic N) is 1. The van der Waals surface area contributed by atoms with Crippen molar-refractivity contribution in [2.75, 3.05) is 0 Å². The third kappa shape index (κ3) is 1.90. The lowest BCUT2D eigenvalue weighted by Gasteiger charge is -2.32. The second-order valence-electron chi connectivity index (χ2n) is 3.74. The number of nitrogens with two attached hydrogens (primary N) is 1. The first-order chi connectivity index (χ1) is 6.81. The van der Waals surface area contributed by atoms with Crippen LogP contribution in [0.3, 0.4) is 0 Å². The summed E-state index contributed by atoms with van der Waals surface area (Å²) < 4.78 is 0. The number of halogens is 1. The highest BCUT2D eigenvalue weighted by Crippen LogP contribution is 2.36. The van der Waals surface area contributed by atoms with Crippen LogP contribution in [0.25, 0.3) is 0 Å². The van der Waals surface area contributed by atoms with E-state index in [1.165, 1.54) is 19.3 Å². The van der Waals surface area contributed by atoms with Gasteiger partial charge in [-0.05, 0) is 30.9 Å². The number of aromatic nitrogens is 1. The monoisotopic (exact) mass is 211 g/mol. The number of pyridine rings is 1. The molecule has 0 saturated heterocycles. The first kappa shape index (κ1) is 9.90. The van der Waals surface area contributed by atoms with E-state index in [0.717, 1.165) is 5.69 Å². The summed E-state index contributed by atoms with van der Waals surface area (Å²) in [5.41, 5.74) is 3.82. The summed E-state index contributed by atoms with van der Waals surface area (Å²) in [4.78, 5) is 4.28. The van der Waals surface area contributed by atoms with E-state index >= 15 is 0 Å². The maximum Gasteiger partial charge on any atom is 0.0660 e. The lowest BCUT2D eigenvalue weighted by molar-refractivity contribution is 0.229. The van der Waals surface area contributed by atoms with Crippen LogP contribution in [-0.4, -0.2) is 4.98 Å². The highest BCUT2D eigenvalue weighted by atomic mass is 35.5. The third-order valence-electron chi connectivity index (χ3n) is 2.87. The number of rotatable bonds is 3. The molecule has 0 radical (unpaired) electrons. The molecule has 1 aliphatic rings. The van der Waals surface area contributed by atoms with Gasteiger partial charge in [-0.3, -0.25) is 16.3 Å². The van der Waals surface area contributed by atoms with E-state index in [0.29, 0.717) is 10.9 Å². The second-order valence-corrected chi connectivity index (χ2v) is 4.17. The fraction of sp³-hybridized carbons (Fsp3) is 0.500. The Balaban J connectivity index is 2.14. The van der Waals surface area contributed by atoms with Crippen molar-refractivity contribution in [3.63, 3.8) is 0 Å². The zero-order valence-electron chi connectivity index (χ0n) is 7.91. The summed E-state index contributed by atoms with van der Waals surface area (Å²) in [5, 5.41) is 0.665. The Morgan fingerprint density at radius 2 is 2.29 bits per heavy atom. The van der Waals surface area contributed by atoms with Gasteiger partial charge in [-0.1, -0.05) is 18.0 Å². The maximum absolute atomic E-state index is 5.77. The predicted molar refractivity (Wildman–Crippen MR) is 56.7 cm³/mol. The summed E-state index contributed by atoms with van der Waals surface area (Å²) in [6.07, 6.45) is 5.44. The van der Waals surface area contributed by atoms with Crippen LogP contribution in [0.5, 0.6) is 0 Å². The lowest BCUT2D eigenvalue weighted by Crippen LogP contribution is -2.36. The summed E-state index contributed by atoms with van der Waals surface area (Å²) in [6, 6.07) is 3.97. The van der Waals surface area contributed by atoms with E-state index in [-0.39, 0.29) is 6.04 Å². The molecule has 1 unspecified atom stereocenters. The van der Waals surface area contributed by atoms with Gasteiger partial charge in [-0.25, -0.2) is 0 Å². The molecule has 76 valence electrons. The first-order valence-electron chi connectivity index (χ1n) is 4.89. The molecule has 0 bridgehead atoms. The average molecular weight is 212 g/mol. The van der Waals surface area contributed by atoms with Crippen molar-refractivity contribution >= 4 is 11.6 Å². The molecule has 14 heavy (non-hydrogen) atoms. The summed E-state index contributed by atoms with van der Waals surface area (Å²) >= 11 is 5.77. The molecule has 1 aromatic heterocycles. The molecule has 1 saturated carbocycles. The lowest BCUT2D eigenvalue weighted by atomic mass is 9.79. The van der Waals surface area contributed by atoms with Gasteiger partial charge >= 0.3 is 0 Å². The van der Waals surface area contributed by atoms with Gasteiger partial charge in [0.25, 0.3) is 0 Å². The van der Waals surface area contributed by atoms with Crippen LogP contribution in [-0.2, 0) is 0 Å². The molecule has 4 heteroatoms. The van der Waals surface area contributed by atoms with Gasteiger partial charge in [-0.2, -0.15) is 0 Å². The molecule has 3 nitrogen and oxygen atoms in total. The number of hydrazine groups is 1. The van der Waals surface area contributed by atoms with Crippen molar-refractivity contribution in [1.29, 1.82) is 0 Å². The fourth-order valence-electron chi connectivity index (χ4n) is 1.81. The minimum Gasteiger partial charge on any atom is -0.271 e. The Labute approximate surface area is 88.6 Å². The largest absolute Gasteiger partial charge is 0.271 e. The minimum absolute atomic E-state index is 0.181. The highest BCUT2D eigenvalue weighted by Gasteiger charge is 2.28. The van der Waals surface area contributed by atoms with Crippen LogP contribution in [0.1, 0.15) is 31.0 Å². The first-order valence-corrected chi connectivity index (χ1v) is 5.26. The summed E-state index contributed by atoms with van der Waals surface area (Å²) in [6.45, 7) is 0. The molecular weight excluding hydrogens is 198 g/mol. The third-order valence-corrected chi connectivity index (χ3v) is 3.09. The van der Waals surface area contributed by atoms with Gasteiger partial charge < -0.3 is 0 Å². The molecule has 1 heterocycles. The van der Waals surface area contributed by atoms with Crippen molar-refractivity contribution in [3.05, 3.63) is 29.0 Å². The van der Waals surface area contributed by atoms with Crippen molar-refractivity contribution in [2.45, 2.75) is 25.3 Å². The molecule has 0 aromatic carbocycles.